The number of rotatable bonds is 6. The lowest BCUT2D eigenvalue weighted by atomic mass is 10.1. The predicted molar refractivity (Wildman–Crippen MR) is 77.9 cm³/mol. The Kier molecular flexibility index (Phi) is 5.85. The highest BCUT2D eigenvalue weighted by molar-refractivity contribution is 7.98. The van der Waals surface area contributed by atoms with Gasteiger partial charge in [-0.3, -0.25) is 0 Å². The Morgan fingerprint density at radius 2 is 2.06 bits per heavy atom. The van der Waals surface area contributed by atoms with Crippen LogP contribution in [0.4, 0.5) is 0 Å². The summed E-state index contributed by atoms with van der Waals surface area (Å²) in [6.45, 7) is 4.51. The topological polar surface area (TPSA) is 26.0 Å². The lowest BCUT2D eigenvalue weighted by molar-refractivity contribution is 0.632. The number of thioether (sulfide) groups is 1. The van der Waals surface area contributed by atoms with Crippen LogP contribution in [0.25, 0.3) is 0 Å². The SMILES string of the molecule is CC(C)CCSCc1ccccc1C(N)=S. The van der Waals surface area contributed by atoms with E-state index in [1.807, 2.05) is 30.0 Å². The molecule has 0 unspecified atom stereocenters. The van der Waals surface area contributed by atoms with Crippen molar-refractivity contribution in [3.63, 3.8) is 0 Å². The van der Waals surface area contributed by atoms with Crippen LogP contribution < -0.4 is 5.73 Å². The molecule has 0 radical (unpaired) electrons. The third-order valence-corrected chi connectivity index (χ3v) is 3.64. The molecule has 0 atom stereocenters. The first-order valence-corrected chi connectivity index (χ1v) is 7.13. The molecule has 0 amide bonds. The number of hydrogen-bond donors (Lipinski definition) is 1. The fourth-order valence-corrected chi connectivity index (χ4v) is 2.84. The summed E-state index contributed by atoms with van der Waals surface area (Å²) >= 11 is 6.99. The molecule has 3 heteroatoms. The minimum absolute atomic E-state index is 0.500. The molecule has 16 heavy (non-hydrogen) atoms. The maximum Gasteiger partial charge on any atom is 0.104 e. The molecule has 0 spiro atoms. The van der Waals surface area contributed by atoms with Crippen LogP contribution in [0.3, 0.4) is 0 Å². The molecule has 2 N–H and O–H groups in total. The lowest BCUT2D eigenvalue weighted by Gasteiger charge is -2.08. The van der Waals surface area contributed by atoms with Gasteiger partial charge in [0, 0.05) is 11.3 Å². The average Bonchev–Trinajstić information content (AvgIpc) is 2.24. The van der Waals surface area contributed by atoms with Gasteiger partial charge < -0.3 is 5.73 Å². The minimum Gasteiger partial charge on any atom is -0.389 e. The summed E-state index contributed by atoms with van der Waals surface area (Å²) in [5, 5.41) is 0. The predicted octanol–water partition coefficient (Wildman–Crippen LogP) is 3.60. The monoisotopic (exact) mass is 253 g/mol. The van der Waals surface area contributed by atoms with Crippen molar-refractivity contribution in [1.29, 1.82) is 0 Å². The van der Waals surface area contributed by atoms with Crippen LogP contribution in [0.1, 0.15) is 31.4 Å². The summed E-state index contributed by atoms with van der Waals surface area (Å²) in [7, 11) is 0. The highest BCUT2D eigenvalue weighted by atomic mass is 32.2. The van der Waals surface area contributed by atoms with Crippen molar-refractivity contribution in [3.05, 3.63) is 35.4 Å². The van der Waals surface area contributed by atoms with E-state index < -0.39 is 0 Å². The summed E-state index contributed by atoms with van der Waals surface area (Å²) in [6.07, 6.45) is 1.26. The van der Waals surface area contributed by atoms with Gasteiger partial charge in [-0.15, -0.1) is 0 Å². The van der Waals surface area contributed by atoms with Crippen LogP contribution in [0, 0.1) is 5.92 Å². The Hall–Kier alpha value is -0.540. The number of thiocarbonyl (C=S) groups is 1. The Bertz CT molecular complexity index is 348. The van der Waals surface area contributed by atoms with Gasteiger partial charge in [-0.2, -0.15) is 11.8 Å². The standard InChI is InChI=1S/C13H19NS2/c1-10(2)7-8-16-9-11-5-3-4-6-12(11)13(14)15/h3-6,10H,7-9H2,1-2H3,(H2,14,15). The Morgan fingerprint density at radius 3 is 2.69 bits per heavy atom. The molecule has 0 saturated heterocycles. The zero-order valence-corrected chi connectivity index (χ0v) is 11.5. The van der Waals surface area contributed by atoms with E-state index in [2.05, 4.69) is 19.9 Å². The van der Waals surface area contributed by atoms with Gasteiger partial charge in [0.05, 0.1) is 0 Å². The molecule has 1 nitrogen and oxygen atoms in total. The van der Waals surface area contributed by atoms with Crippen molar-refractivity contribution in [1.82, 2.24) is 0 Å². The van der Waals surface area contributed by atoms with Crippen LogP contribution >= 0.6 is 24.0 Å². The Labute approximate surface area is 108 Å². The lowest BCUT2D eigenvalue weighted by Crippen LogP contribution is -2.11. The largest absolute Gasteiger partial charge is 0.389 e. The molecule has 0 aliphatic rings. The molecule has 1 aromatic rings. The molecular weight excluding hydrogens is 234 g/mol. The molecule has 0 aliphatic carbocycles. The molecular formula is C13H19NS2. The second kappa shape index (κ2) is 6.92. The molecule has 0 aromatic heterocycles. The summed E-state index contributed by atoms with van der Waals surface area (Å²) in [5.41, 5.74) is 7.97. The van der Waals surface area contributed by atoms with Crippen molar-refractivity contribution in [3.8, 4) is 0 Å². The third kappa shape index (κ3) is 4.54. The second-order valence-corrected chi connectivity index (χ2v) is 5.80. The van der Waals surface area contributed by atoms with Crippen LogP contribution in [0.2, 0.25) is 0 Å². The van der Waals surface area contributed by atoms with Gasteiger partial charge in [-0.25, -0.2) is 0 Å². The molecule has 1 rings (SSSR count). The third-order valence-electron chi connectivity index (χ3n) is 2.38. The molecule has 1 aromatic carbocycles. The van der Waals surface area contributed by atoms with E-state index in [0.29, 0.717) is 4.99 Å². The maximum atomic E-state index is 5.69. The second-order valence-electron chi connectivity index (χ2n) is 4.26. The fourth-order valence-electron chi connectivity index (χ4n) is 1.39. The molecule has 88 valence electrons. The Morgan fingerprint density at radius 1 is 1.38 bits per heavy atom. The van der Waals surface area contributed by atoms with Crippen molar-refractivity contribution in [2.45, 2.75) is 26.0 Å². The Balaban J connectivity index is 2.50. The summed E-state index contributed by atoms with van der Waals surface area (Å²) in [5.74, 6) is 2.97. The molecule has 0 fully saturated rings. The summed E-state index contributed by atoms with van der Waals surface area (Å²) in [4.78, 5) is 0.500. The normalized spacial score (nSPS) is 10.7. The molecule has 0 heterocycles. The number of hydrogen-bond acceptors (Lipinski definition) is 2. The van der Waals surface area contributed by atoms with E-state index in [9.17, 15) is 0 Å². The molecule has 0 aliphatic heterocycles. The van der Waals surface area contributed by atoms with E-state index in [1.54, 1.807) is 0 Å². The van der Waals surface area contributed by atoms with Crippen molar-refractivity contribution < 1.29 is 0 Å². The van der Waals surface area contributed by atoms with Gasteiger partial charge in [-0.1, -0.05) is 50.3 Å². The quantitative estimate of drug-likeness (QED) is 0.619. The van der Waals surface area contributed by atoms with Crippen LogP contribution in [-0.2, 0) is 5.75 Å². The average molecular weight is 253 g/mol. The van der Waals surface area contributed by atoms with E-state index in [0.717, 1.165) is 17.2 Å². The first-order valence-electron chi connectivity index (χ1n) is 5.56. The summed E-state index contributed by atoms with van der Waals surface area (Å²) in [6, 6.07) is 8.13. The van der Waals surface area contributed by atoms with Gasteiger partial charge in [0.15, 0.2) is 0 Å². The van der Waals surface area contributed by atoms with Crippen LogP contribution in [0.5, 0.6) is 0 Å². The van der Waals surface area contributed by atoms with Crippen molar-refractivity contribution >= 4 is 29.0 Å². The van der Waals surface area contributed by atoms with E-state index >= 15 is 0 Å². The van der Waals surface area contributed by atoms with Crippen molar-refractivity contribution in [2.24, 2.45) is 11.7 Å². The zero-order valence-electron chi connectivity index (χ0n) is 9.90. The first-order chi connectivity index (χ1) is 7.61. The number of nitrogens with two attached hydrogens (primary N) is 1. The van der Waals surface area contributed by atoms with Gasteiger partial charge >= 0.3 is 0 Å². The molecule has 0 saturated carbocycles. The van der Waals surface area contributed by atoms with E-state index in [4.69, 9.17) is 18.0 Å². The van der Waals surface area contributed by atoms with E-state index in [-0.39, 0.29) is 0 Å². The fraction of sp³-hybridized carbons (Fsp3) is 0.462. The highest BCUT2D eigenvalue weighted by Gasteiger charge is 2.04. The minimum atomic E-state index is 0.500. The van der Waals surface area contributed by atoms with Gasteiger partial charge in [0.1, 0.15) is 4.99 Å². The van der Waals surface area contributed by atoms with Crippen LogP contribution in [-0.4, -0.2) is 10.7 Å². The van der Waals surface area contributed by atoms with Gasteiger partial charge in [0.25, 0.3) is 0 Å². The number of benzene rings is 1. The van der Waals surface area contributed by atoms with Crippen molar-refractivity contribution in [2.75, 3.05) is 5.75 Å². The molecule has 0 bridgehead atoms. The maximum absolute atomic E-state index is 5.69. The van der Waals surface area contributed by atoms with E-state index in [1.165, 1.54) is 17.7 Å². The van der Waals surface area contributed by atoms with Crippen LogP contribution in [0.15, 0.2) is 24.3 Å². The smallest absolute Gasteiger partial charge is 0.104 e. The van der Waals surface area contributed by atoms with Gasteiger partial charge in [-0.05, 0) is 23.7 Å². The highest BCUT2D eigenvalue weighted by Crippen LogP contribution is 2.18. The first kappa shape index (κ1) is 13.5. The zero-order chi connectivity index (χ0) is 12.0. The summed E-state index contributed by atoms with van der Waals surface area (Å²) < 4.78 is 0. The van der Waals surface area contributed by atoms with Gasteiger partial charge in [0.2, 0.25) is 0 Å².